The van der Waals surface area contributed by atoms with Crippen LogP contribution in [0.1, 0.15) is 65.7 Å². The van der Waals surface area contributed by atoms with Crippen LogP contribution in [0, 0.1) is 5.92 Å². The van der Waals surface area contributed by atoms with E-state index in [1.807, 2.05) is 53.9 Å². The second-order valence-corrected chi connectivity index (χ2v) is 17.8. The molecular formula is C36H43N7O8S2. The lowest BCUT2D eigenvalue weighted by Crippen LogP contribution is -2.59. The highest BCUT2D eigenvalue weighted by Crippen LogP contribution is 2.46. The second kappa shape index (κ2) is 14.2. The summed E-state index contributed by atoms with van der Waals surface area (Å²) < 4.78 is 39.8. The molecule has 4 heterocycles. The fourth-order valence-electron chi connectivity index (χ4n) is 6.67. The molecular weight excluding hydrogens is 723 g/mol. The van der Waals surface area contributed by atoms with E-state index in [1.54, 1.807) is 20.8 Å². The number of ether oxygens (including phenoxy) is 2. The standard InChI is InChI=1S/C36H43N7O8S2/c1-35(2,3)51-33(46)40-43-17-9-5-4-6-11-22-20-36(22,32(45)41-53(48,49)24-15-16-24)39-30(44)27-19-23(21-42(27)34(43)47)50-31-29(28-14-10-18-52-28)37-25-12-7-8-13-26(25)38-31/h6-8,10-14,18,22-24,27H,4-5,9,15-17,19-21H2,1-3H3,(H,39,44)(H,40,46)(H,41,45)/b11-6-/t22-,23+,27-,36+/m0/s1. The normalized spacial score (nSPS) is 25.8. The van der Waals surface area contributed by atoms with Gasteiger partial charge in [-0.25, -0.2) is 38.4 Å². The topological polar surface area (TPSA) is 189 Å². The Morgan fingerprint density at radius 1 is 1.06 bits per heavy atom. The van der Waals surface area contributed by atoms with E-state index in [4.69, 9.17) is 19.4 Å². The number of sulfonamides is 1. The van der Waals surface area contributed by atoms with Crippen molar-refractivity contribution in [3.8, 4) is 16.5 Å². The number of thiophene rings is 1. The Labute approximate surface area is 311 Å². The van der Waals surface area contributed by atoms with E-state index in [2.05, 4.69) is 15.5 Å². The summed E-state index contributed by atoms with van der Waals surface area (Å²) in [4.78, 5) is 67.1. The van der Waals surface area contributed by atoms with Crippen molar-refractivity contribution >= 4 is 56.3 Å². The van der Waals surface area contributed by atoms with Crippen LogP contribution in [0.3, 0.4) is 0 Å². The van der Waals surface area contributed by atoms with Crippen LogP contribution in [0.25, 0.3) is 21.6 Å². The second-order valence-electron chi connectivity index (χ2n) is 14.9. The third-order valence-corrected chi connectivity index (χ3v) is 12.3. The molecule has 282 valence electrons. The Hall–Kier alpha value is -4.77. The fourth-order valence-corrected chi connectivity index (χ4v) is 8.73. The van der Waals surface area contributed by atoms with E-state index in [0.717, 1.165) is 9.89 Å². The van der Waals surface area contributed by atoms with Gasteiger partial charge in [-0.15, -0.1) is 11.3 Å². The van der Waals surface area contributed by atoms with E-state index in [-0.39, 0.29) is 31.8 Å². The number of benzene rings is 1. The maximum atomic E-state index is 14.4. The maximum Gasteiger partial charge on any atom is 0.426 e. The molecule has 4 atom stereocenters. The number of carbonyl (C=O) groups excluding carboxylic acids is 4. The highest BCUT2D eigenvalue weighted by molar-refractivity contribution is 7.91. The minimum absolute atomic E-state index is 0.00875. The minimum Gasteiger partial charge on any atom is -0.471 e. The number of hydrogen-bond donors (Lipinski definition) is 3. The summed E-state index contributed by atoms with van der Waals surface area (Å²) in [6, 6.07) is 9.34. The Kier molecular flexibility index (Phi) is 9.82. The van der Waals surface area contributed by atoms with Gasteiger partial charge in [0.05, 0.1) is 27.7 Å². The number of fused-ring (bicyclic) bond motifs is 3. The molecule has 3 N–H and O–H groups in total. The molecule has 0 bridgehead atoms. The van der Waals surface area contributed by atoms with Crippen molar-refractivity contribution < 1.29 is 37.1 Å². The number of nitrogens with zero attached hydrogens (tertiary/aromatic N) is 4. The summed E-state index contributed by atoms with van der Waals surface area (Å²) in [5, 5.41) is 5.28. The summed E-state index contributed by atoms with van der Waals surface area (Å²) in [7, 11) is -3.90. The number of allylic oxidation sites excluding steroid dienone is 1. The quantitative estimate of drug-likeness (QED) is 0.293. The summed E-state index contributed by atoms with van der Waals surface area (Å²) in [6.07, 6.45) is 5.03. The first-order chi connectivity index (χ1) is 25.2. The van der Waals surface area contributed by atoms with Gasteiger partial charge >= 0.3 is 12.1 Å². The molecule has 0 spiro atoms. The van der Waals surface area contributed by atoms with Crippen LogP contribution in [-0.4, -0.2) is 93.9 Å². The smallest absolute Gasteiger partial charge is 0.426 e. The maximum absolute atomic E-state index is 14.4. The monoisotopic (exact) mass is 765 g/mol. The van der Waals surface area contributed by atoms with E-state index in [1.165, 1.54) is 16.2 Å². The van der Waals surface area contributed by atoms with Crippen LogP contribution in [0.15, 0.2) is 53.9 Å². The van der Waals surface area contributed by atoms with Crippen LogP contribution < -0.4 is 20.2 Å². The molecule has 3 fully saturated rings. The largest absolute Gasteiger partial charge is 0.471 e. The zero-order chi connectivity index (χ0) is 37.5. The molecule has 2 aliphatic heterocycles. The van der Waals surface area contributed by atoms with Gasteiger partial charge in [-0.3, -0.25) is 14.3 Å². The van der Waals surface area contributed by atoms with Gasteiger partial charge in [0.25, 0.3) is 5.91 Å². The summed E-state index contributed by atoms with van der Waals surface area (Å²) in [5.41, 5.74) is 2.00. The number of amides is 5. The van der Waals surface area contributed by atoms with E-state index in [9.17, 15) is 27.6 Å². The van der Waals surface area contributed by atoms with Crippen molar-refractivity contribution in [2.24, 2.45) is 5.92 Å². The van der Waals surface area contributed by atoms with Gasteiger partial charge in [0.1, 0.15) is 29.0 Å². The number of aromatic nitrogens is 2. The zero-order valence-electron chi connectivity index (χ0n) is 29.7. The van der Waals surface area contributed by atoms with Crippen molar-refractivity contribution in [3.05, 3.63) is 53.9 Å². The van der Waals surface area contributed by atoms with Crippen molar-refractivity contribution in [2.45, 2.75) is 94.3 Å². The molecule has 3 aromatic rings. The predicted octanol–water partition coefficient (Wildman–Crippen LogP) is 4.27. The van der Waals surface area contributed by atoms with E-state index >= 15 is 0 Å². The van der Waals surface area contributed by atoms with Crippen molar-refractivity contribution in [1.29, 1.82) is 0 Å². The van der Waals surface area contributed by atoms with Crippen molar-refractivity contribution in [2.75, 3.05) is 13.1 Å². The SMILES string of the molecule is CC(C)(C)OC(=O)NN1CCCC/C=C\[C@H]2C[C@@]2(C(=O)NS(=O)(=O)C2CC2)NC(=O)[C@@H]2C[C@@H](Oc3nc4ccccc4nc3-c3cccs3)CN2C1=O. The van der Waals surface area contributed by atoms with Gasteiger partial charge in [0.15, 0.2) is 0 Å². The first kappa shape index (κ1) is 36.6. The summed E-state index contributed by atoms with van der Waals surface area (Å²) in [5.74, 6) is -1.67. The molecule has 1 saturated heterocycles. The van der Waals surface area contributed by atoms with Crippen LogP contribution in [0.2, 0.25) is 0 Å². The van der Waals surface area contributed by atoms with Crippen LogP contribution in [-0.2, 0) is 24.3 Å². The van der Waals surface area contributed by atoms with Crippen LogP contribution >= 0.6 is 11.3 Å². The molecule has 53 heavy (non-hydrogen) atoms. The minimum atomic E-state index is -3.90. The number of hydrazine groups is 1. The molecule has 4 aliphatic rings. The molecule has 1 aromatic carbocycles. The average Bonchev–Trinajstić information content (AvgIpc) is 3.96. The zero-order valence-corrected chi connectivity index (χ0v) is 31.4. The third-order valence-electron chi connectivity index (χ3n) is 9.57. The molecule has 0 unspecified atom stereocenters. The highest BCUT2D eigenvalue weighted by Gasteiger charge is 2.62. The number of carbonyl (C=O) groups is 4. The van der Waals surface area contributed by atoms with Gasteiger partial charge in [-0.1, -0.05) is 30.4 Å². The van der Waals surface area contributed by atoms with Crippen molar-refractivity contribution in [1.82, 2.24) is 35.3 Å². The first-order valence-electron chi connectivity index (χ1n) is 17.8. The molecule has 17 heteroatoms. The van der Waals surface area contributed by atoms with E-state index < -0.39 is 68.4 Å². The highest BCUT2D eigenvalue weighted by atomic mass is 32.2. The molecule has 5 amide bonds. The molecule has 2 aromatic heterocycles. The van der Waals surface area contributed by atoms with E-state index in [0.29, 0.717) is 48.8 Å². The van der Waals surface area contributed by atoms with Gasteiger partial charge in [0.2, 0.25) is 21.8 Å². The lowest BCUT2D eigenvalue weighted by molar-refractivity contribution is -0.131. The molecule has 0 radical (unpaired) electrons. The summed E-state index contributed by atoms with van der Waals surface area (Å²) in [6.45, 7) is 5.19. The first-order valence-corrected chi connectivity index (χ1v) is 20.2. The van der Waals surface area contributed by atoms with Gasteiger partial charge in [0, 0.05) is 18.9 Å². The third kappa shape index (κ3) is 8.10. The lowest BCUT2D eigenvalue weighted by atomic mass is 10.1. The fraction of sp³-hybridized carbons (Fsp3) is 0.500. The Balaban J connectivity index is 1.21. The number of nitrogens with one attached hydrogen (secondary N) is 3. The Morgan fingerprint density at radius 2 is 1.81 bits per heavy atom. The van der Waals surface area contributed by atoms with Gasteiger partial charge < -0.3 is 19.7 Å². The summed E-state index contributed by atoms with van der Waals surface area (Å²) >= 11 is 1.47. The number of rotatable bonds is 7. The molecule has 7 rings (SSSR count). The van der Waals surface area contributed by atoms with Crippen molar-refractivity contribution in [3.63, 3.8) is 0 Å². The number of para-hydroxylation sites is 2. The van der Waals surface area contributed by atoms with Gasteiger partial charge in [-0.05, 0) is 82.9 Å². The van der Waals surface area contributed by atoms with Crippen LogP contribution in [0.5, 0.6) is 5.88 Å². The number of urea groups is 1. The van der Waals surface area contributed by atoms with Crippen LogP contribution in [0.4, 0.5) is 9.59 Å². The van der Waals surface area contributed by atoms with Gasteiger partial charge in [-0.2, -0.15) is 0 Å². The Bertz CT molecular complexity index is 2050. The molecule has 15 nitrogen and oxygen atoms in total. The lowest BCUT2D eigenvalue weighted by Gasteiger charge is -2.32. The number of hydrogen-bond acceptors (Lipinski definition) is 11. The average molecular weight is 766 g/mol. The predicted molar refractivity (Wildman–Crippen MR) is 196 cm³/mol. The Morgan fingerprint density at radius 3 is 2.51 bits per heavy atom. The molecule has 2 saturated carbocycles. The molecule has 2 aliphatic carbocycles.